The van der Waals surface area contributed by atoms with Crippen LogP contribution in [0.2, 0.25) is 0 Å². The molecule has 0 aliphatic rings. The van der Waals surface area contributed by atoms with E-state index >= 15 is 0 Å². The van der Waals surface area contributed by atoms with Gasteiger partial charge in [0.25, 0.3) is 0 Å². The monoisotopic (exact) mass is 460 g/mol. The topological polar surface area (TPSA) is 9.23 Å². The summed E-state index contributed by atoms with van der Waals surface area (Å²) < 4.78 is 20.1. The van der Waals surface area contributed by atoms with Crippen molar-refractivity contribution in [3.63, 3.8) is 0 Å². The third-order valence-electron chi connectivity index (χ3n) is 6.65. The SMILES string of the molecule is CC(C)(C)c1ccc(C(C)(C)CCCc2ccc(F)c(Oc3ccccc3)c2)cc1C(C)(C)C. The lowest BCUT2D eigenvalue weighted by Gasteiger charge is -2.33. The van der Waals surface area contributed by atoms with Crippen molar-refractivity contribution in [1.29, 1.82) is 0 Å². The van der Waals surface area contributed by atoms with Crippen molar-refractivity contribution in [1.82, 2.24) is 0 Å². The van der Waals surface area contributed by atoms with Gasteiger partial charge in [-0.25, -0.2) is 4.39 Å². The Morgan fingerprint density at radius 2 is 1.35 bits per heavy atom. The van der Waals surface area contributed by atoms with Crippen molar-refractivity contribution in [3.8, 4) is 11.5 Å². The molecule has 0 aliphatic heterocycles. The second-order valence-electron chi connectivity index (χ2n) is 12.2. The van der Waals surface area contributed by atoms with Crippen LogP contribution < -0.4 is 4.74 Å². The lowest BCUT2D eigenvalue weighted by atomic mass is 9.71. The number of aryl methyl sites for hydroxylation is 1. The van der Waals surface area contributed by atoms with Crippen molar-refractivity contribution in [2.75, 3.05) is 0 Å². The molecule has 34 heavy (non-hydrogen) atoms. The minimum atomic E-state index is -0.332. The summed E-state index contributed by atoms with van der Waals surface area (Å²) in [6, 6.07) is 21.7. The molecule has 0 atom stereocenters. The molecular formula is C32H41FO. The predicted octanol–water partition coefficient (Wildman–Crippen LogP) is 9.51. The summed E-state index contributed by atoms with van der Waals surface area (Å²) in [5.41, 5.74) is 5.62. The van der Waals surface area contributed by atoms with Crippen LogP contribution in [-0.2, 0) is 22.7 Å². The predicted molar refractivity (Wildman–Crippen MR) is 143 cm³/mol. The minimum absolute atomic E-state index is 0.0554. The first-order valence-electron chi connectivity index (χ1n) is 12.4. The second-order valence-corrected chi connectivity index (χ2v) is 12.2. The van der Waals surface area contributed by atoms with Crippen molar-refractivity contribution >= 4 is 0 Å². The van der Waals surface area contributed by atoms with E-state index in [2.05, 4.69) is 73.6 Å². The molecule has 182 valence electrons. The number of rotatable bonds is 7. The third kappa shape index (κ3) is 6.50. The van der Waals surface area contributed by atoms with Crippen molar-refractivity contribution in [3.05, 3.63) is 94.8 Å². The molecule has 3 aromatic rings. The fraction of sp³-hybridized carbons (Fsp3) is 0.438. The molecule has 3 rings (SSSR count). The van der Waals surface area contributed by atoms with E-state index in [1.807, 2.05) is 42.5 Å². The van der Waals surface area contributed by atoms with Gasteiger partial charge < -0.3 is 4.74 Å². The lowest BCUT2D eigenvalue weighted by molar-refractivity contribution is 0.439. The summed E-state index contributed by atoms with van der Waals surface area (Å²) in [6.07, 6.45) is 2.97. The van der Waals surface area contributed by atoms with Gasteiger partial charge in [-0.05, 0) is 82.0 Å². The molecule has 0 N–H and O–H groups in total. The average Bonchev–Trinajstić information content (AvgIpc) is 2.75. The molecule has 0 aliphatic carbocycles. The van der Waals surface area contributed by atoms with Gasteiger partial charge in [-0.1, -0.05) is 97.9 Å². The molecule has 0 fully saturated rings. The van der Waals surface area contributed by atoms with E-state index in [1.165, 1.54) is 22.8 Å². The van der Waals surface area contributed by atoms with Crippen LogP contribution in [0, 0.1) is 5.82 Å². The molecule has 0 spiro atoms. The quantitative estimate of drug-likeness (QED) is 0.341. The van der Waals surface area contributed by atoms with E-state index < -0.39 is 0 Å². The Hall–Kier alpha value is -2.61. The van der Waals surface area contributed by atoms with Gasteiger partial charge in [0, 0.05) is 0 Å². The lowest BCUT2D eigenvalue weighted by Crippen LogP contribution is -2.25. The Morgan fingerprint density at radius 1 is 0.706 bits per heavy atom. The molecule has 0 bridgehead atoms. The van der Waals surface area contributed by atoms with Gasteiger partial charge in [0.2, 0.25) is 0 Å². The minimum Gasteiger partial charge on any atom is -0.454 e. The van der Waals surface area contributed by atoms with E-state index in [-0.39, 0.29) is 27.8 Å². The molecule has 0 saturated carbocycles. The first-order chi connectivity index (χ1) is 15.8. The average molecular weight is 461 g/mol. The Labute approximate surface area is 206 Å². The molecule has 0 radical (unpaired) electrons. The zero-order valence-electron chi connectivity index (χ0n) is 22.3. The summed E-state index contributed by atoms with van der Waals surface area (Å²) in [5, 5.41) is 0. The fourth-order valence-electron chi connectivity index (χ4n) is 4.52. The zero-order chi connectivity index (χ0) is 25.1. The normalized spacial score (nSPS) is 12.6. The standard InChI is InChI=1S/C32H41FO/c1-30(2,3)26-18-17-24(22-27(26)31(4,5)6)32(7,8)20-12-13-23-16-19-28(33)29(21-23)34-25-14-10-9-11-15-25/h9-11,14-19,21-22H,12-13,20H2,1-8H3. The maximum Gasteiger partial charge on any atom is 0.165 e. The maximum absolute atomic E-state index is 14.3. The van der Waals surface area contributed by atoms with Crippen LogP contribution in [0.3, 0.4) is 0 Å². The molecule has 0 amide bonds. The van der Waals surface area contributed by atoms with Crippen LogP contribution in [0.15, 0.2) is 66.7 Å². The van der Waals surface area contributed by atoms with Gasteiger partial charge >= 0.3 is 0 Å². The van der Waals surface area contributed by atoms with E-state index in [9.17, 15) is 4.39 Å². The Morgan fingerprint density at radius 3 is 1.97 bits per heavy atom. The number of halogens is 1. The van der Waals surface area contributed by atoms with Gasteiger partial charge in [0.15, 0.2) is 11.6 Å². The largest absolute Gasteiger partial charge is 0.454 e. The summed E-state index contributed by atoms with van der Waals surface area (Å²) in [6.45, 7) is 18.5. The number of hydrogen-bond donors (Lipinski definition) is 0. The van der Waals surface area contributed by atoms with Crippen molar-refractivity contribution in [2.24, 2.45) is 0 Å². The van der Waals surface area contributed by atoms with Gasteiger partial charge in [0.1, 0.15) is 5.75 Å². The summed E-state index contributed by atoms with van der Waals surface area (Å²) in [4.78, 5) is 0. The fourth-order valence-corrected chi connectivity index (χ4v) is 4.52. The number of para-hydroxylation sites is 1. The number of benzene rings is 3. The Kier molecular flexibility index (Phi) is 7.60. The summed E-state index contributed by atoms with van der Waals surface area (Å²) >= 11 is 0. The van der Waals surface area contributed by atoms with Crippen LogP contribution in [0.5, 0.6) is 11.5 Å². The van der Waals surface area contributed by atoms with Crippen molar-refractivity contribution in [2.45, 2.75) is 90.9 Å². The highest BCUT2D eigenvalue weighted by Crippen LogP contribution is 2.38. The van der Waals surface area contributed by atoms with Crippen molar-refractivity contribution < 1.29 is 9.13 Å². The van der Waals surface area contributed by atoms with Gasteiger partial charge in [-0.2, -0.15) is 0 Å². The highest BCUT2D eigenvalue weighted by Gasteiger charge is 2.28. The van der Waals surface area contributed by atoms with Gasteiger partial charge in [-0.3, -0.25) is 0 Å². The summed E-state index contributed by atoms with van der Waals surface area (Å²) in [7, 11) is 0. The number of ether oxygens (including phenoxy) is 1. The first-order valence-corrected chi connectivity index (χ1v) is 12.4. The highest BCUT2D eigenvalue weighted by molar-refractivity contribution is 5.43. The second kappa shape index (κ2) is 9.94. The Balaban J connectivity index is 1.73. The zero-order valence-corrected chi connectivity index (χ0v) is 22.3. The van der Waals surface area contributed by atoms with Crippen LogP contribution in [0.1, 0.15) is 90.5 Å². The molecule has 0 saturated heterocycles. The van der Waals surface area contributed by atoms with Crippen LogP contribution in [0.25, 0.3) is 0 Å². The van der Waals surface area contributed by atoms with E-state index in [0.29, 0.717) is 5.75 Å². The molecule has 0 unspecified atom stereocenters. The van der Waals surface area contributed by atoms with Gasteiger partial charge in [0.05, 0.1) is 0 Å². The molecule has 0 heterocycles. The molecular weight excluding hydrogens is 419 g/mol. The van der Waals surface area contributed by atoms with Crippen LogP contribution in [0.4, 0.5) is 4.39 Å². The molecule has 3 aromatic carbocycles. The summed E-state index contributed by atoms with van der Waals surface area (Å²) in [5.74, 6) is 0.602. The third-order valence-corrected chi connectivity index (χ3v) is 6.65. The Bertz CT molecular complexity index is 1100. The van der Waals surface area contributed by atoms with E-state index in [4.69, 9.17) is 4.74 Å². The van der Waals surface area contributed by atoms with E-state index in [0.717, 1.165) is 24.8 Å². The molecule has 0 aromatic heterocycles. The van der Waals surface area contributed by atoms with Crippen LogP contribution in [-0.4, -0.2) is 0 Å². The molecule has 1 nitrogen and oxygen atoms in total. The van der Waals surface area contributed by atoms with Gasteiger partial charge in [-0.15, -0.1) is 0 Å². The molecule has 2 heteroatoms. The first kappa shape index (κ1) is 26.0. The number of hydrogen-bond acceptors (Lipinski definition) is 1. The maximum atomic E-state index is 14.3. The smallest absolute Gasteiger partial charge is 0.165 e. The van der Waals surface area contributed by atoms with Crippen LogP contribution >= 0.6 is 0 Å². The van der Waals surface area contributed by atoms with E-state index in [1.54, 1.807) is 0 Å². The highest BCUT2D eigenvalue weighted by atomic mass is 19.1.